The van der Waals surface area contributed by atoms with Crippen molar-refractivity contribution < 1.29 is 9.52 Å². The number of β-amino-alcohol motifs (C(OH)–C–C–N with tert-alkyl or cyclic N) is 1. The Labute approximate surface area is 143 Å². The Hall–Kier alpha value is -1.76. The highest BCUT2D eigenvalue weighted by molar-refractivity contribution is 5.17. The number of aliphatic hydroxyl groups is 1. The third-order valence-electron chi connectivity index (χ3n) is 4.41. The van der Waals surface area contributed by atoms with Gasteiger partial charge in [0.1, 0.15) is 0 Å². The van der Waals surface area contributed by atoms with Gasteiger partial charge >= 0.3 is 0 Å². The first kappa shape index (κ1) is 17.1. The minimum absolute atomic E-state index is 0.282. The molecule has 0 saturated carbocycles. The maximum atomic E-state index is 9.56. The van der Waals surface area contributed by atoms with Crippen molar-refractivity contribution in [2.45, 2.75) is 39.0 Å². The van der Waals surface area contributed by atoms with Crippen molar-refractivity contribution >= 4 is 0 Å². The Balaban J connectivity index is 1.52. The van der Waals surface area contributed by atoms with E-state index < -0.39 is 0 Å². The van der Waals surface area contributed by atoms with Crippen LogP contribution in [0.25, 0.3) is 0 Å². The van der Waals surface area contributed by atoms with Gasteiger partial charge in [-0.2, -0.15) is 0 Å². The molecule has 0 aliphatic carbocycles. The number of hydrogen-bond donors (Lipinski definition) is 1. The lowest BCUT2D eigenvalue weighted by atomic mass is 10.1. The number of benzene rings is 1. The van der Waals surface area contributed by atoms with E-state index in [4.69, 9.17) is 4.42 Å². The van der Waals surface area contributed by atoms with Crippen molar-refractivity contribution in [1.82, 2.24) is 20.0 Å². The van der Waals surface area contributed by atoms with Crippen LogP contribution in [0.1, 0.15) is 31.2 Å². The molecule has 1 aliphatic rings. The third-order valence-corrected chi connectivity index (χ3v) is 4.41. The molecule has 2 atom stereocenters. The molecule has 0 spiro atoms. The smallest absolute Gasteiger partial charge is 0.230 e. The highest BCUT2D eigenvalue weighted by atomic mass is 16.4. The van der Waals surface area contributed by atoms with Crippen molar-refractivity contribution in [3.63, 3.8) is 0 Å². The van der Waals surface area contributed by atoms with Crippen LogP contribution in [0, 0.1) is 0 Å². The molecular formula is C18H26N4O2. The van der Waals surface area contributed by atoms with Gasteiger partial charge in [0.25, 0.3) is 0 Å². The van der Waals surface area contributed by atoms with Crippen LogP contribution in [0.4, 0.5) is 0 Å². The molecule has 6 nitrogen and oxygen atoms in total. The molecular weight excluding hydrogens is 304 g/mol. The second kappa shape index (κ2) is 7.88. The Kier molecular flexibility index (Phi) is 5.60. The van der Waals surface area contributed by atoms with Gasteiger partial charge in [-0.05, 0) is 19.4 Å². The first-order valence-corrected chi connectivity index (χ1v) is 8.60. The van der Waals surface area contributed by atoms with Crippen LogP contribution < -0.4 is 0 Å². The van der Waals surface area contributed by atoms with E-state index in [-0.39, 0.29) is 6.10 Å². The highest BCUT2D eigenvalue weighted by Gasteiger charge is 2.25. The van der Waals surface area contributed by atoms with E-state index in [1.165, 1.54) is 5.56 Å². The van der Waals surface area contributed by atoms with Crippen molar-refractivity contribution in [1.29, 1.82) is 0 Å². The topological polar surface area (TPSA) is 65.6 Å². The summed E-state index contributed by atoms with van der Waals surface area (Å²) >= 11 is 0. The number of piperazine rings is 1. The molecule has 2 heterocycles. The Bertz CT molecular complexity index is 629. The van der Waals surface area contributed by atoms with Gasteiger partial charge in [-0.25, -0.2) is 0 Å². The van der Waals surface area contributed by atoms with Gasteiger partial charge < -0.3 is 9.52 Å². The second-order valence-corrected chi connectivity index (χ2v) is 6.68. The average Bonchev–Trinajstić information content (AvgIpc) is 2.98. The largest absolute Gasteiger partial charge is 0.424 e. The zero-order chi connectivity index (χ0) is 16.9. The molecule has 1 aromatic carbocycles. The standard InChI is InChI=1S/C18H26N4O2/c1-14-11-21(8-9-22(14)12-15(2)23)13-18-20-19-17(24-18)10-16-6-4-3-5-7-16/h3-7,14-15,23H,8-13H2,1-2H3. The molecule has 0 bridgehead atoms. The molecule has 1 N–H and O–H groups in total. The number of aromatic nitrogens is 2. The lowest BCUT2D eigenvalue weighted by molar-refractivity contribution is 0.0391. The Morgan fingerprint density at radius 1 is 1.21 bits per heavy atom. The average molecular weight is 330 g/mol. The zero-order valence-corrected chi connectivity index (χ0v) is 14.4. The summed E-state index contributed by atoms with van der Waals surface area (Å²) in [7, 11) is 0. The number of hydrogen-bond acceptors (Lipinski definition) is 6. The van der Waals surface area contributed by atoms with Crippen LogP contribution in [0.3, 0.4) is 0 Å². The SMILES string of the molecule is CC(O)CN1CCN(Cc2nnc(Cc3ccccc3)o2)CC1C. The summed E-state index contributed by atoms with van der Waals surface area (Å²) in [6, 6.07) is 10.6. The van der Waals surface area contributed by atoms with Crippen molar-refractivity contribution in [3.05, 3.63) is 47.7 Å². The molecule has 1 fully saturated rings. The van der Waals surface area contributed by atoms with E-state index in [1.807, 2.05) is 25.1 Å². The third kappa shape index (κ3) is 4.63. The Morgan fingerprint density at radius 2 is 1.96 bits per heavy atom. The summed E-state index contributed by atoms with van der Waals surface area (Å²) in [5, 5.41) is 17.9. The number of nitrogens with zero attached hydrogens (tertiary/aromatic N) is 4. The first-order chi connectivity index (χ1) is 11.6. The fourth-order valence-corrected chi connectivity index (χ4v) is 3.21. The van der Waals surface area contributed by atoms with Crippen molar-refractivity contribution in [2.75, 3.05) is 26.2 Å². The van der Waals surface area contributed by atoms with E-state index in [2.05, 4.69) is 39.1 Å². The second-order valence-electron chi connectivity index (χ2n) is 6.68. The molecule has 130 valence electrons. The van der Waals surface area contributed by atoms with E-state index >= 15 is 0 Å². The van der Waals surface area contributed by atoms with Crippen LogP contribution in [0.5, 0.6) is 0 Å². The van der Waals surface area contributed by atoms with Gasteiger partial charge in [-0.15, -0.1) is 10.2 Å². The molecule has 0 radical (unpaired) electrons. The fraction of sp³-hybridized carbons (Fsp3) is 0.556. The monoisotopic (exact) mass is 330 g/mol. The van der Waals surface area contributed by atoms with Crippen molar-refractivity contribution in [3.8, 4) is 0 Å². The molecule has 1 aliphatic heterocycles. The number of aliphatic hydroxyl groups excluding tert-OH is 1. The lowest BCUT2D eigenvalue weighted by Crippen LogP contribution is -2.53. The van der Waals surface area contributed by atoms with Crippen LogP contribution in [0.2, 0.25) is 0 Å². The molecule has 2 unspecified atom stereocenters. The quantitative estimate of drug-likeness (QED) is 0.867. The van der Waals surface area contributed by atoms with E-state index in [9.17, 15) is 5.11 Å². The molecule has 2 aromatic rings. The molecule has 1 saturated heterocycles. The molecule has 3 rings (SSSR count). The highest BCUT2D eigenvalue weighted by Crippen LogP contribution is 2.14. The summed E-state index contributed by atoms with van der Waals surface area (Å²) in [5.41, 5.74) is 1.17. The van der Waals surface area contributed by atoms with E-state index in [0.29, 0.717) is 30.8 Å². The molecule has 6 heteroatoms. The van der Waals surface area contributed by atoms with Gasteiger partial charge in [0.05, 0.1) is 19.1 Å². The van der Waals surface area contributed by atoms with Crippen LogP contribution in [-0.4, -0.2) is 63.4 Å². The fourth-order valence-electron chi connectivity index (χ4n) is 3.21. The van der Waals surface area contributed by atoms with Gasteiger partial charge in [-0.3, -0.25) is 9.80 Å². The van der Waals surface area contributed by atoms with Crippen LogP contribution in [0.15, 0.2) is 34.7 Å². The lowest BCUT2D eigenvalue weighted by Gasteiger charge is -2.39. The van der Waals surface area contributed by atoms with Gasteiger partial charge in [0, 0.05) is 32.2 Å². The minimum Gasteiger partial charge on any atom is -0.424 e. The summed E-state index contributed by atoms with van der Waals surface area (Å²) in [6.07, 6.45) is 0.391. The zero-order valence-electron chi connectivity index (χ0n) is 14.4. The predicted octanol–water partition coefficient (Wildman–Crippen LogP) is 1.55. The van der Waals surface area contributed by atoms with Gasteiger partial charge in [0.2, 0.25) is 11.8 Å². The minimum atomic E-state index is -0.282. The Morgan fingerprint density at radius 3 is 2.67 bits per heavy atom. The van der Waals surface area contributed by atoms with Gasteiger partial charge in [-0.1, -0.05) is 30.3 Å². The van der Waals surface area contributed by atoms with Crippen LogP contribution >= 0.6 is 0 Å². The van der Waals surface area contributed by atoms with E-state index in [0.717, 1.165) is 26.2 Å². The van der Waals surface area contributed by atoms with Crippen LogP contribution in [-0.2, 0) is 13.0 Å². The molecule has 0 amide bonds. The normalized spacial score (nSPS) is 21.0. The summed E-state index contributed by atoms with van der Waals surface area (Å²) in [4.78, 5) is 4.67. The molecule has 1 aromatic heterocycles. The van der Waals surface area contributed by atoms with Gasteiger partial charge in [0.15, 0.2) is 0 Å². The van der Waals surface area contributed by atoms with Crippen molar-refractivity contribution in [2.24, 2.45) is 0 Å². The maximum absolute atomic E-state index is 9.56. The first-order valence-electron chi connectivity index (χ1n) is 8.60. The number of rotatable bonds is 6. The van der Waals surface area contributed by atoms with E-state index in [1.54, 1.807) is 0 Å². The maximum Gasteiger partial charge on any atom is 0.230 e. The summed E-state index contributed by atoms with van der Waals surface area (Å²) in [6.45, 7) is 8.31. The summed E-state index contributed by atoms with van der Waals surface area (Å²) < 4.78 is 5.80. The predicted molar refractivity (Wildman–Crippen MR) is 91.5 cm³/mol. The summed E-state index contributed by atoms with van der Waals surface area (Å²) in [5.74, 6) is 1.34. The molecule has 24 heavy (non-hydrogen) atoms.